The van der Waals surface area contributed by atoms with E-state index in [2.05, 4.69) is 4.98 Å². The normalized spacial score (nSPS) is 12.4. The van der Waals surface area contributed by atoms with Gasteiger partial charge in [0.1, 0.15) is 0 Å². The van der Waals surface area contributed by atoms with Gasteiger partial charge in [-0.3, -0.25) is 0 Å². The molecule has 2 nitrogen and oxygen atoms in total. The molecule has 1 N–H and O–H groups in total. The van der Waals surface area contributed by atoms with E-state index in [1.165, 1.54) is 17.2 Å². The molecule has 0 aliphatic carbocycles. The highest BCUT2D eigenvalue weighted by molar-refractivity contribution is 7.98. The molecule has 0 bridgehead atoms. The summed E-state index contributed by atoms with van der Waals surface area (Å²) in [7, 11) is 0. The number of benzene rings is 1. The number of hydrogen-bond acceptors (Lipinski definition) is 3. The van der Waals surface area contributed by atoms with Gasteiger partial charge in [0.05, 0.1) is 6.61 Å². The number of aromatic nitrogens is 1. The number of rotatable bonds is 4. The second kappa shape index (κ2) is 5.98. The van der Waals surface area contributed by atoms with Crippen LogP contribution in [0.3, 0.4) is 0 Å². The summed E-state index contributed by atoms with van der Waals surface area (Å²) in [6.45, 7) is -0.0219. The molecule has 0 amide bonds. The molecule has 1 unspecified atom stereocenters. The molecule has 1 aromatic carbocycles. The monoisotopic (exact) mass is 263 g/mol. The van der Waals surface area contributed by atoms with E-state index in [4.69, 9.17) is 0 Å². The van der Waals surface area contributed by atoms with E-state index in [0.29, 0.717) is 0 Å². The van der Waals surface area contributed by atoms with Crippen molar-refractivity contribution in [2.24, 2.45) is 0 Å². The minimum Gasteiger partial charge on any atom is -0.395 e. The summed E-state index contributed by atoms with van der Waals surface area (Å²) in [5.74, 6) is -0.665. The van der Waals surface area contributed by atoms with E-state index >= 15 is 0 Å². The molecule has 1 aromatic heterocycles. The largest absolute Gasteiger partial charge is 0.395 e. The summed E-state index contributed by atoms with van der Waals surface area (Å²) in [5.41, 5.74) is 1.82. The minimum atomic E-state index is -0.506. The molecule has 0 aliphatic rings. The van der Waals surface area contributed by atoms with Crippen molar-refractivity contribution in [2.75, 3.05) is 12.9 Å². The third-order valence-electron chi connectivity index (χ3n) is 2.85. The van der Waals surface area contributed by atoms with Crippen LogP contribution in [0, 0.1) is 5.95 Å². The van der Waals surface area contributed by atoms with Gasteiger partial charge in [0, 0.05) is 17.0 Å². The van der Waals surface area contributed by atoms with Crippen LogP contribution in [-0.2, 0) is 0 Å². The predicted octanol–water partition coefficient (Wildman–Crippen LogP) is 3.07. The highest BCUT2D eigenvalue weighted by Gasteiger charge is 2.13. The summed E-state index contributed by atoms with van der Waals surface area (Å²) in [4.78, 5) is 4.80. The number of nitrogens with zero attached hydrogens (tertiary/aromatic N) is 1. The van der Waals surface area contributed by atoms with Crippen LogP contribution in [0.1, 0.15) is 17.0 Å². The van der Waals surface area contributed by atoms with Gasteiger partial charge >= 0.3 is 0 Å². The standard InChI is InChI=1S/C14H14FNOS/c1-18-12-5-2-10(3-6-12)13(9-17)11-4-7-14(15)16-8-11/h2-8,13,17H,9H2,1H3. The van der Waals surface area contributed by atoms with Crippen LogP contribution in [0.5, 0.6) is 0 Å². The van der Waals surface area contributed by atoms with Crippen molar-refractivity contribution in [1.82, 2.24) is 4.98 Å². The van der Waals surface area contributed by atoms with Gasteiger partial charge in [0.2, 0.25) is 5.95 Å². The molecule has 0 saturated heterocycles. The zero-order chi connectivity index (χ0) is 13.0. The Hall–Kier alpha value is -1.39. The Morgan fingerprint density at radius 3 is 2.33 bits per heavy atom. The van der Waals surface area contributed by atoms with Gasteiger partial charge in [0.15, 0.2) is 0 Å². The minimum absolute atomic E-state index is 0.0219. The summed E-state index contributed by atoms with van der Waals surface area (Å²) in [5, 5.41) is 9.50. The van der Waals surface area contributed by atoms with E-state index < -0.39 is 5.95 Å². The van der Waals surface area contributed by atoms with E-state index in [1.807, 2.05) is 30.5 Å². The van der Waals surface area contributed by atoms with Crippen LogP contribution in [0.15, 0.2) is 47.5 Å². The average Bonchev–Trinajstić information content (AvgIpc) is 2.42. The third kappa shape index (κ3) is 2.89. The fourth-order valence-corrected chi connectivity index (χ4v) is 2.24. The van der Waals surface area contributed by atoms with Crippen LogP contribution in [-0.4, -0.2) is 23.0 Å². The van der Waals surface area contributed by atoms with Crippen molar-refractivity contribution in [3.63, 3.8) is 0 Å². The molecular weight excluding hydrogens is 249 g/mol. The fraction of sp³-hybridized carbons (Fsp3) is 0.214. The first-order valence-corrected chi connectivity index (χ1v) is 6.83. The molecule has 4 heteroatoms. The molecule has 0 fully saturated rings. The molecule has 0 saturated carbocycles. The Morgan fingerprint density at radius 1 is 1.17 bits per heavy atom. The van der Waals surface area contributed by atoms with Gasteiger partial charge in [-0.1, -0.05) is 18.2 Å². The summed E-state index contributed by atoms with van der Waals surface area (Å²) >= 11 is 1.67. The smallest absolute Gasteiger partial charge is 0.212 e. The molecule has 1 atom stereocenters. The van der Waals surface area contributed by atoms with Gasteiger partial charge in [-0.15, -0.1) is 11.8 Å². The summed E-state index contributed by atoms with van der Waals surface area (Å²) in [6.07, 6.45) is 3.49. The van der Waals surface area contributed by atoms with Crippen LogP contribution >= 0.6 is 11.8 Å². The second-order valence-electron chi connectivity index (χ2n) is 3.92. The topological polar surface area (TPSA) is 33.1 Å². The maximum atomic E-state index is 12.8. The zero-order valence-electron chi connectivity index (χ0n) is 10.0. The van der Waals surface area contributed by atoms with Gasteiger partial charge in [-0.25, -0.2) is 4.98 Å². The Balaban J connectivity index is 2.29. The van der Waals surface area contributed by atoms with Gasteiger partial charge in [-0.05, 0) is 35.6 Å². The lowest BCUT2D eigenvalue weighted by Gasteiger charge is -2.15. The fourth-order valence-electron chi connectivity index (χ4n) is 1.83. The van der Waals surface area contributed by atoms with Gasteiger partial charge < -0.3 is 5.11 Å². The Labute approximate surface area is 110 Å². The molecule has 0 aliphatic heterocycles. The number of halogens is 1. The molecular formula is C14H14FNOS. The van der Waals surface area contributed by atoms with E-state index in [1.54, 1.807) is 17.8 Å². The first-order valence-electron chi connectivity index (χ1n) is 5.61. The van der Waals surface area contributed by atoms with Crippen LogP contribution < -0.4 is 0 Å². The van der Waals surface area contributed by atoms with Crippen molar-refractivity contribution in [3.05, 3.63) is 59.7 Å². The zero-order valence-corrected chi connectivity index (χ0v) is 10.8. The van der Waals surface area contributed by atoms with E-state index in [-0.39, 0.29) is 12.5 Å². The van der Waals surface area contributed by atoms with Crippen molar-refractivity contribution >= 4 is 11.8 Å². The highest BCUT2D eigenvalue weighted by atomic mass is 32.2. The lowest BCUT2D eigenvalue weighted by atomic mass is 9.93. The highest BCUT2D eigenvalue weighted by Crippen LogP contribution is 2.25. The quantitative estimate of drug-likeness (QED) is 0.680. The van der Waals surface area contributed by atoms with Crippen molar-refractivity contribution in [3.8, 4) is 0 Å². The molecule has 18 heavy (non-hydrogen) atoms. The van der Waals surface area contributed by atoms with E-state index in [9.17, 15) is 9.50 Å². The lowest BCUT2D eigenvalue weighted by molar-refractivity contribution is 0.280. The molecule has 2 rings (SSSR count). The number of hydrogen-bond donors (Lipinski definition) is 1. The molecule has 94 valence electrons. The second-order valence-corrected chi connectivity index (χ2v) is 4.80. The Morgan fingerprint density at radius 2 is 1.83 bits per heavy atom. The van der Waals surface area contributed by atoms with Crippen LogP contribution in [0.4, 0.5) is 4.39 Å². The van der Waals surface area contributed by atoms with Gasteiger partial charge in [-0.2, -0.15) is 4.39 Å². The maximum absolute atomic E-state index is 12.8. The van der Waals surface area contributed by atoms with Crippen LogP contribution in [0.25, 0.3) is 0 Å². The SMILES string of the molecule is CSc1ccc(C(CO)c2ccc(F)nc2)cc1. The number of aliphatic hydroxyl groups excluding tert-OH is 1. The van der Waals surface area contributed by atoms with E-state index in [0.717, 1.165) is 11.1 Å². The molecule has 0 radical (unpaired) electrons. The van der Waals surface area contributed by atoms with Crippen molar-refractivity contribution in [2.45, 2.75) is 10.8 Å². The Kier molecular flexibility index (Phi) is 4.33. The van der Waals surface area contributed by atoms with Gasteiger partial charge in [0.25, 0.3) is 0 Å². The first-order chi connectivity index (χ1) is 8.74. The third-order valence-corrected chi connectivity index (χ3v) is 3.60. The van der Waals surface area contributed by atoms with Crippen molar-refractivity contribution in [1.29, 1.82) is 0 Å². The van der Waals surface area contributed by atoms with Crippen molar-refractivity contribution < 1.29 is 9.50 Å². The summed E-state index contributed by atoms with van der Waals surface area (Å²) < 4.78 is 12.8. The molecule has 0 spiro atoms. The first kappa shape index (κ1) is 13.1. The summed E-state index contributed by atoms with van der Waals surface area (Å²) in [6, 6.07) is 11.0. The average molecular weight is 263 g/mol. The molecule has 2 aromatic rings. The van der Waals surface area contributed by atoms with Crippen LogP contribution in [0.2, 0.25) is 0 Å². The maximum Gasteiger partial charge on any atom is 0.212 e. The lowest BCUT2D eigenvalue weighted by Crippen LogP contribution is -2.06. The number of pyridine rings is 1. The number of aliphatic hydroxyl groups is 1. The number of thioether (sulfide) groups is 1. The molecule has 1 heterocycles. The Bertz CT molecular complexity index is 498. The predicted molar refractivity (Wildman–Crippen MR) is 71.3 cm³/mol.